The Morgan fingerprint density at radius 1 is 1.19 bits per heavy atom. The van der Waals surface area contributed by atoms with Gasteiger partial charge in [0.15, 0.2) is 5.60 Å². The number of ether oxygens (including phenoxy) is 1. The van der Waals surface area contributed by atoms with Gasteiger partial charge in [-0.25, -0.2) is 0 Å². The molecule has 1 N–H and O–H groups in total. The molecule has 1 amide bonds. The van der Waals surface area contributed by atoms with E-state index < -0.39 is 5.60 Å². The molecule has 0 spiro atoms. The summed E-state index contributed by atoms with van der Waals surface area (Å²) in [6.07, 6.45) is 3.95. The van der Waals surface area contributed by atoms with Crippen LogP contribution in [-0.4, -0.2) is 79.3 Å². The van der Waals surface area contributed by atoms with Gasteiger partial charge in [-0.15, -0.1) is 0 Å². The lowest BCUT2D eigenvalue weighted by molar-refractivity contribution is -0.159. The van der Waals surface area contributed by atoms with Gasteiger partial charge in [-0.3, -0.25) is 9.69 Å². The maximum atomic E-state index is 12.9. The molecule has 1 atom stereocenters. The van der Waals surface area contributed by atoms with Crippen molar-refractivity contribution in [3.8, 4) is 5.75 Å². The third-order valence-electron chi connectivity index (χ3n) is 6.16. The van der Waals surface area contributed by atoms with Gasteiger partial charge in [-0.05, 0) is 43.7 Å². The molecule has 2 saturated heterocycles. The second-order valence-electron chi connectivity index (χ2n) is 8.29. The standard InChI is InChI=1S/C21H31N3O3/c1-27-19-5-2-4-18(14-19)23-12-10-22(11-13-23)16-21(26)8-3-9-24(20(21)25)15-17-6-7-17/h2,4-5,14,17,26H,3,6-13,15-16H2,1H3. The normalized spacial score (nSPS) is 27.1. The third-order valence-corrected chi connectivity index (χ3v) is 6.16. The van der Waals surface area contributed by atoms with Crippen LogP contribution in [0.5, 0.6) is 5.75 Å². The van der Waals surface area contributed by atoms with Gasteiger partial charge < -0.3 is 19.6 Å². The molecule has 2 heterocycles. The number of β-amino-alcohol motifs (C(OH)–C–C–N with tert-alkyl or cyclic N) is 1. The highest BCUT2D eigenvalue weighted by Gasteiger charge is 2.44. The Morgan fingerprint density at radius 2 is 1.96 bits per heavy atom. The molecule has 4 rings (SSSR count). The minimum Gasteiger partial charge on any atom is -0.497 e. The lowest BCUT2D eigenvalue weighted by atomic mass is 9.90. The molecule has 1 aromatic rings. The predicted molar refractivity (Wildman–Crippen MR) is 105 cm³/mol. The molecular formula is C21H31N3O3. The van der Waals surface area contributed by atoms with Crippen LogP contribution in [0.4, 0.5) is 5.69 Å². The number of rotatable bonds is 6. The van der Waals surface area contributed by atoms with Crippen LogP contribution in [0.3, 0.4) is 0 Å². The first-order valence-electron chi connectivity index (χ1n) is 10.2. The highest BCUT2D eigenvalue weighted by Crippen LogP contribution is 2.33. The Kier molecular flexibility index (Phi) is 5.28. The number of anilines is 1. The number of likely N-dealkylation sites (tertiary alicyclic amines) is 1. The van der Waals surface area contributed by atoms with Gasteiger partial charge in [0.2, 0.25) is 0 Å². The fourth-order valence-corrected chi connectivity index (χ4v) is 4.34. The van der Waals surface area contributed by atoms with E-state index in [0.29, 0.717) is 18.9 Å². The summed E-state index contributed by atoms with van der Waals surface area (Å²) in [6, 6.07) is 8.13. The zero-order valence-electron chi connectivity index (χ0n) is 16.3. The van der Waals surface area contributed by atoms with Gasteiger partial charge in [0.1, 0.15) is 5.75 Å². The highest BCUT2D eigenvalue weighted by molar-refractivity contribution is 5.86. The summed E-state index contributed by atoms with van der Waals surface area (Å²) in [5.74, 6) is 1.49. The lowest BCUT2D eigenvalue weighted by Gasteiger charge is -2.43. The van der Waals surface area contributed by atoms with Gasteiger partial charge in [0.05, 0.1) is 7.11 Å². The van der Waals surface area contributed by atoms with Gasteiger partial charge in [0, 0.05) is 57.6 Å². The minimum atomic E-state index is -1.20. The van der Waals surface area contributed by atoms with Gasteiger partial charge in [-0.1, -0.05) is 6.07 Å². The smallest absolute Gasteiger partial charge is 0.255 e. The number of aliphatic hydroxyl groups is 1. The zero-order chi connectivity index (χ0) is 18.9. The number of benzene rings is 1. The van der Waals surface area contributed by atoms with Crippen LogP contribution in [0.1, 0.15) is 25.7 Å². The summed E-state index contributed by atoms with van der Waals surface area (Å²) in [4.78, 5) is 19.4. The largest absolute Gasteiger partial charge is 0.497 e. The van der Waals surface area contributed by atoms with Crippen molar-refractivity contribution in [1.29, 1.82) is 0 Å². The van der Waals surface area contributed by atoms with E-state index in [1.54, 1.807) is 7.11 Å². The first-order chi connectivity index (χ1) is 13.1. The molecule has 0 aromatic heterocycles. The average Bonchev–Trinajstić information content (AvgIpc) is 3.50. The van der Waals surface area contributed by atoms with Crippen molar-refractivity contribution < 1.29 is 14.6 Å². The van der Waals surface area contributed by atoms with Crippen LogP contribution in [0.2, 0.25) is 0 Å². The second kappa shape index (κ2) is 7.68. The van der Waals surface area contributed by atoms with Crippen molar-refractivity contribution >= 4 is 11.6 Å². The molecule has 6 nitrogen and oxygen atoms in total. The van der Waals surface area contributed by atoms with E-state index in [1.807, 2.05) is 17.0 Å². The van der Waals surface area contributed by atoms with E-state index in [9.17, 15) is 9.90 Å². The number of piperidine rings is 1. The molecule has 1 aliphatic carbocycles. The Balaban J connectivity index is 1.33. The summed E-state index contributed by atoms with van der Waals surface area (Å²) >= 11 is 0. The number of amides is 1. The number of hydrogen-bond acceptors (Lipinski definition) is 5. The molecule has 0 radical (unpaired) electrons. The topological polar surface area (TPSA) is 56.2 Å². The van der Waals surface area contributed by atoms with Crippen LogP contribution in [0, 0.1) is 5.92 Å². The Bertz CT molecular complexity index is 670. The van der Waals surface area contributed by atoms with Gasteiger partial charge >= 0.3 is 0 Å². The molecule has 3 fully saturated rings. The van der Waals surface area contributed by atoms with Crippen LogP contribution < -0.4 is 9.64 Å². The highest BCUT2D eigenvalue weighted by atomic mass is 16.5. The van der Waals surface area contributed by atoms with Crippen molar-refractivity contribution in [2.24, 2.45) is 5.92 Å². The summed E-state index contributed by atoms with van der Waals surface area (Å²) in [5.41, 5.74) is -0.0392. The molecule has 1 aromatic carbocycles. The zero-order valence-corrected chi connectivity index (χ0v) is 16.3. The third kappa shape index (κ3) is 4.22. The molecule has 6 heteroatoms. The van der Waals surface area contributed by atoms with E-state index in [2.05, 4.69) is 21.9 Å². The Labute approximate surface area is 161 Å². The molecule has 2 aliphatic heterocycles. The number of nitrogens with zero attached hydrogens (tertiary/aromatic N) is 3. The first-order valence-corrected chi connectivity index (χ1v) is 10.2. The monoisotopic (exact) mass is 373 g/mol. The van der Waals surface area contributed by atoms with Crippen LogP contribution in [0.15, 0.2) is 24.3 Å². The summed E-state index contributed by atoms with van der Waals surface area (Å²) in [5, 5.41) is 11.1. The predicted octanol–water partition coefficient (Wildman–Crippen LogP) is 1.58. The van der Waals surface area contributed by atoms with Crippen LogP contribution in [0.25, 0.3) is 0 Å². The maximum Gasteiger partial charge on any atom is 0.255 e. The maximum absolute atomic E-state index is 12.9. The van der Waals surface area contributed by atoms with Crippen molar-refractivity contribution in [3.05, 3.63) is 24.3 Å². The molecule has 148 valence electrons. The summed E-state index contributed by atoms with van der Waals surface area (Å²) in [6.45, 7) is 5.60. The second-order valence-corrected chi connectivity index (χ2v) is 8.29. The van der Waals surface area contributed by atoms with Crippen molar-refractivity contribution in [1.82, 2.24) is 9.80 Å². The first kappa shape index (κ1) is 18.6. The minimum absolute atomic E-state index is 0.0455. The number of carbonyl (C=O) groups excluding carboxylic acids is 1. The van der Waals surface area contributed by atoms with Gasteiger partial charge in [-0.2, -0.15) is 0 Å². The van der Waals surface area contributed by atoms with Crippen molar-refractivity contribution in [2.75, 3.05) is 57.8 Å². The number of methoxy groups -OCH3 is 1. The van der Waals surface area contributed by atoms with Crippen LogP contribution in [-0.2, 0) is 4.79 Å². The molecular weight excluding hydrogens is 342 g/mol. The molecule has 0 bridgehead atoms. The number of piperazine rings is 1. The van der Waals surface area contributed by atoms with E-state index >= 15 is 0 Å². The van der Waals surface area contributed by atoms with Gasteiger partial charge in [0.25, 0.3) is 5.91 Å². The SMILES string of the molecule is COc1cccc(N2CCN(CC3(O)CCCN(CC4CC4)C3=O)CC2)c1. The summed E-state index contributed by atoms with van der Waals surface area (Å²) < 4.78 is 5.32. The van der Waals surface area contributed by atoms with Crippen molar-refractivity contribution in [2.45, 2.75) is 31.3 Å². The van der Waals surface area contributed by atoms with E-state index in [-0.39, 0.29) is 5.91 Å². The van der Waals surface area contributed by atoms with Crippen molar-refractivity contribution in [3.63, 3.8) is 0 Å². The van der Waals surface area contributed by atoms with E-state index in [1.165, 1.54) is 12.8 Å². The summed E-state index contributed by atoms with van der Waals surface area (Å²) in [7, 11) is 1.69. The molecule has 27 heavy (non-hydrogen) atoms. The quantitative estimate of drug-likeness (QED) is 0.821. The Hall–Kier alpha value is -1.79. The average molecular weight is 373 g/mol. The number of carbonyl (C=O) groups is 1. The van der Waals surface area contributed by atoms with E-state index in [0.717, 1.165) is 57.1 Å². The fraction of sp³-hybridized carbons (Fsp3) is 0.667. The lowest BCUT2D eigenvalue weighted by Crippen LogP contribution is -2.60. The molecule has 1 unspecified atom stereocenters. The molecule has 3 aliphatic rings. The van der Waals surface area contributed by atoms with E-state index in [4.69, 9.17) is 4.74 Å². The molecule has 1 saturated carbocycles. The Morgan fingerprint density at radius 3 is 2.67 bits per heavy atom. The fourth-order valence-electron chi connectivity index (χ4n) is 4.34. The number of hydrogen-bond donors (Lipinski definition) is 1. The van der Waals surface area contributed by atoms with Crippen LogP contribution >= 0.6 is 0 Å².